The number of carbonyl (C=O) groups excluding carboxylic acids is 2. The van der Waals surface area contributed by atoms with Crippen LogP contribution in [0.5, 0.6) is 5.75 Å². The zero-order valence-electron chi connectivity index (χ0n) is 15.1. The highest BCUT2D eigenvalue weighted by Crippen LogP contribution is 2.25. The van der Waals surface area contributed by atoms with Crippen molar-refractivity contribution in [2.24, 2.45) is 0 Å². The molecule has 0 heterocycles. The zero-order chi connectivity index (χ0) is 20.1. The van der Waals surface area contributed by atoms with Crippen molar-refractivity contribution >= 4 is 28.7 Å². The highest BCUT2D eigenvalue weighted by Gasteiger charge is 2.15. The molecule has 0 radical (unpaired) electrons. The molecule has 28 heavy (non-hydrogen) atoms. The number of ether oxygens (including phenoxy) is 1. The monoisotopic (exact) mass is 378 g/mol. The first kappa shape index (κ1) is 19.0. The van der Waals surface area contributed by atoms with Gasteiger partial charge in [-0.1, -0.05) is 42.5 Å². The van der Waals surface area contributed by atoms with Gasteiger partial charge in [0.15, 0.2) is 12.9 Å². The largest absolute Gasteiger partial charge is 0.483 e. The molecule has 0 aromatic heterocycles. The Morgan fingerprint density at radius 3 is 2.68 bits per heavy atom. The van der Waals surface area contributed by atoms with Gasteiger partial charge in [0.1, 0.15) is 5.75 Å². The summed E-state index contributed by atoms with van der Waals surface area (Å²) in [7, 11) is 0. The van der Waals surface area contributed by atoms with Crippen LogP contribution in [0.3, 0.4) is 0 Å². The quantitative estimate of drug-likeness (QED) is 0.383. The van der Waals surface area contributed by atoms with E-state index in [1.807, 2.05) is 49.4 Å². The molecule has 1 atom stereocenters. The van der Waals surface area contributed by atoms with Crippen LogP contribution < -0.4 is 10.1 Å². The van der Waals surface area contributed by atoms with E-state index in [1.54, 1.807) is 0 Å². The lowest BCUT2D eigenvalue weighted by molar-refractivity contribution is -0.384. The van der Waals surface area contributed by atoms with Crippen molar-refractivity contribution in [2.45, 2.75) is 13.0 Å². The molecule has 7 nitrogen and oxygen atoms in total. The summed E-state index contributed by atoms with van der Waals surface area (Å²) in [4.78, 5) is 33.6. The van der Waals surface area contributed by atoms with Crippen LogP contribution in [0.15, 0.2) is 60.7 Å². The van der Waals surface area contributed by atoms with Gasteiger partial charge in [0.2, 0.25) is 0 Å². The van der Waals surface area contributed by atoms with E-state index in [0.29, 0.717) is 6.29 Å². The van der Waals surface area contributed by atoms with Gasteiger partial charge < -0.3 is 10.1 Å². The summed E-state index contributed by atoms with van der Waals surface area (Å²) in [5, 5.41) is 15.8. The number of amides is 1. The second kappa shape index (κ2) is 8.30. The van der Waals surface area contributed by atoms with Crippen LogP contribution in [-0.2, 0) is 4.79 Å². The van der Waals surface area contributed by atoms with E-state index in [9.17, 15) is 19.7 Å². The van der Waals surface area contributed by atoms with Crippen LogP contribution >= 0.6 is 0 Å². The molecule has 7 heteroatoms. The molecule has 0 unspecified atom stereocenters. The summed E-state index contributed by atoms with van der Waals surface area (Å²) in [5.41, 5.74) is 0.781. The van der Waals surface area contributed by atoms with Gasteiger partial charge in [-0.15, -0.1) is 0 Å². The normalized spacial score (nSPS) is 11.6. The molecule has 0 aliphatic rings. The fourth-order valence-electron chi connectivity index (χ4n) is 3.01. The second-order valence-corrected chi connectivity index (χ2v) is 6.24. The topological polar surface area (TPSA) is 98.5 Å². The number of nitro groups is 1. The molecule has 0 aliphatic heterocycles. The number of nitrogens with zero attached hydrogens (tertiary/aromatic N) is 1. The maximum absolute atomic E-state index is 12.3. The van der Waals surface area contributed by atoms with Crippen LogP contribution in [0, 0.1) is 10.1 Å². The summed E-state index contributed by atoms with van der Waals surface area (Å²) in [6.45, 7) is 1.57. The minimum Gasteiger partial charge on any atom is -0.483 e. The summed E-state index contributed by atoms with van der Waals surface area (Å²) < 4.78 is 5.38. The molecule has 3 aromatic rings. The highest BCUT2D eigenvalue weighted by molar-refractivity contribution is 5.87. The SMILES string of the molecule is C[C@H](NC(=O)COc1ccc([N+](=O)[O-])cc1C=O)c1cccc2ccccc12. The second-order valence-electron chi connectivity index (χ2n) is 6.24. The van der Waals surface area contributed by atoms with Crippen LogP contribution in [0.1, 0.15) is 28.9 Å². The molecule has 1 N–H and O–H groups in total. The maximum atomic E-state index is 12.3. The minimum atomic E-state index is -0.602. The Labute approximate surface area is 161 Å². The number of nitrogens with one attached hydrogen (secondary N) is 1. The first-order valence-electron chi connectivity index (χ1n) is 8.63. The standard InChI is InChI=1S/C21H18N2O5/c1-14(18-8-4-6-15-5-2-3-7-19(15)18)22-21(25)13-28-20-10-9-17(23(26)27)11-16(20)12-24/h2-12,14H,13H2,1H3,(H,22,25)/t14-/m0/s1. The fraction of sp³-hybridized carbons (Fsp3) is 0.143. The molecular formula is C21H18N2O5. The van der Waals surface area contributed by atoms with E-state index >= 15 is 0 Å². The third kappa shape index (κ3) is 4.15. The first-order chi connectivity index (χ1) is 13.5. The Hall–Kier alpha value is -3.74. The lowest BCUT2D eigenvalue weighted by Crippen LogP contribution is -2.31. The Bertz CT molecular complexity index is 1040. The van der Waals surface area contributed by atoms with Gasteiger partial charge in [-0.2, -0.15) is 0 Å². The van der Waals surface area contributed by atoms with Gasteiger partial charge in [0.05, 0.1) is 16.5 Å². The zero-order valence-corrected chi connectivity index (χ0v) is 15.1. The van der Waals surface area contributed by atoms with Gasteiger partial charge >= 0.3 is 0 Å². The number of hydrogen-bond acceptors (Lipinski definition) is 5. The molecule has 3 rings (SSSR count). The Balaban J connectivity index is 1.67. The van der Waals surface area contributed by atoms with Crippen LogP contribution in [0.4, 0.5) is 5.69 Å². The molecule has 0 fully saturated rings. The summed E-state index contributed by atoms with van der Waals surface area (Å²) in [5.74, 6) is -0.246. The van der Waals surface area contributed by atoms with Crippen molar-refractivity contribution in [2.75, 3.05) is 6.61 Å². The van der Waals surface area contributed by atoms with Gasteiger partial charge in [-0.25, -0.2) is 0 Å². The lowest BCUT2D eigenvalue weighted by Gasteiger charge is -2.17. The maximum Gasteiger partial charge on any atom is 0.270 e. The van der Waals surface area contributed by atoms with Crippen molar-refractivity contribution in [3.8, 4) is 5.75 Å². The van der Waals surface area contributed by atoms with Crippen molar-refractivity contribution in [1.29, 1.82) is 0 Å². The predicted octanol–water partition coefficient (Wildman–Crippen LogP) is 3.82. The lowest BCUT2D eigenvalue weighted by atomic mass is 10.00. The van der Waals surface area contributed by atoms with Gasteiger partial charge in [-0.05, 0) is 29.3 Å². The van der Waals surface area contributed by atoms with Crippen LogP contribution in [-0.4, -0.2) is 23.7 Å². The van der Waals surface area contributed by atoms with E-state index in [4.69, 9.17) is 4.74 Å². The minimum absolute atomic E-state index is 0.0177. The number of carbonyl (C=O) groups is 2. The average molecular weight is 378 g/mol. The van der Waals surface area contributed by atoms with E-state index < -0.39 is 4.92 Å². The highest BCUT2D eigenvalue weighted by atomic mass is 16.6. The summed E-state index contributed by atoms with van der Waals surface area (Å²) in [6, 6.07) is 17.2. The molecule has 0 aliphatic carbocycles. The van der Waals surface area contributed by atoms with E-state index in [0.717, 1.165) is 22.4 Å². The van der Waals surface area contributed by atoms with E-state index in [2.05, 4.69) is 5.32 Å². The Kier molecular flexibility index (Phi) is 5.64. The van der Waals surface area contributed by atoms with E-state index in [1.165, 1.54) is 12.1 Å². The third-order valence-corrected chi connectivity index (χ3v) is 4.36. The molecule has 0 saturated heterocycles. The Morgan fingerprint density at radius 2 is 1.93 bits per heavy atom. The Morgan fingerprint density at radius 1 is 1.18 bits per heavy atom. The molecule has 0 bridgehead atoms. The molecule has 1 amide bonds. The number of aldehydes is 1. The smallest absolute Gasteiger partial charge is 0.270 e. The number of non-ortho nitro benzene ring substituents is 1. The van der Waals surface area contributed by atoms with Crippen molar-refractivity contribution < 1.29 is 19.2 Å². The van der Waals surface area contributed by atoms with Crippen molar-refractivity contribution in [3.63, 3.8) is 0 Å². The fourth-order valence-corrected chi connectivity index (χ4v) is 3.01. The molecular weight excluding hydrogens is 360 g/mol. The third-order valence-electron chi connectivity index (χ3n) is 4.36. The molecule has 0 spiro atoms. The number of benzene rings is 3. The van der Waals surface area contributed by atoms with Crippen molar-refractivity contribution in [3.05, 3.63) is 81.9 Å². The van der Waals surface area contributed by atoms with Crippen molar-refractivity contribution in [1.82, 2.24) is 5.32 Å². The first-order valence-corrected chi connectivity index (χ1v) is 8.63. The summed E-state index contributed by atoms with van der Waals surface area (Å²) in [6.07, 6.45) is 0.457. The van der Waals surface area contributed by atoms with Crippen LogP contribution in [0.2, 0.25) is 0 Å². The number of fused-ring (bicyclic) bond motifs is 1. The average Bonchev–Trinajstić information content (AvgIpc) is 2.71. The van der Waals surface area contributed by atoms with Crippen LogP contribution in [0.25, 0.3) is 10.8 Å². The van der Waals surface area contributed by atoms with Gasteiger partial charge in [-0.3, -0.25) is 19.7 Å². The van der Waals surface area contributed by atoms with Gasteiger partial charge in [0, 0.05) is 12.1 Å². The van der Waals surface area contributed by atoms with E-state index in [-0.39, 0.29) is 35.6 Å². The number of nitro benzene ring substituents is 1. The molecule has 0 saturated carbocycles. The number of hydrogen-bond donors (Lipinski definition) is 1. The predicted molar refractivity (Wildman–Crippen MR) is 104 cm³/mol. The summed E-state index contributed by atoms with van der Waals surface area (Å²) >= 11 is 0. The number of rotatable bonds is 7. The molecule has 142 valence electrons. The van der Waals surface area contributed by atoms with Gasteiger partial charge in [0.25, 0.3) is 11.6 Å². The molecule has 3 aromatic carbocycles.